The van der Waals surface area contributed by atoms with Gasteiger partial charge in [-0.1, -0.05) is 29.3 Å². The van der Waals surface area contributed by atoms with Crippen LogP contribution in [0.2, 0.25) is 10.0 Å². The van der Waals surface area contributed by atoms with E-state index in [1.54, 1.807) is 44.2 Å². The van der Waals surface area contributed by atoms with Crippen molar-refractivity contribution in [1.29, 1.82) is 0 Å². The van der Waals surface area contributed by atoms with Crippen LogP contribution in [0.25, 0.3) is 0 Å². The Hall–Kier alpha value is -3.27. The van der Waals surface area contributed by atoms with Crippen LogP contribution < -0.4 is 20.1 Å². The van der Waals surface area contributed by atoms with E-state index in [4.69, 9.17) is 37.4 Å². The lowest BCUT2D eigenvalue weighted by molar-refractivity contribution is 0.0527. The van der Waals surface area contributed by atoms with E-state index in [-0.39, 0.29) is 37.7 Å². The van der Waals surface area contributed by atoms with Gasteiger partial charge in [-0.05, 0) is 49.7 Å². The summed E-state index contributed by atoms with van der Waals surface area (Å²) in [5, 5.41) is 6.04. The molecule has 0 fully saturated rings. The van der Waals surface area contributed by atoms with Gasteiger partial charge in [0.05, 0.1) is 47.0 Å². The van der Waals surface area contributed by atoms with E-state index in [2.05, 4.69) is 10.6 Å². The van der Waals surface area contributed by atoms with Gasteiger partial charge in [-0.2, -0.15) is 0 Å². The normalized spacial score (nSPS) is 10.5. The van der Waals surface area contributed by atoms with Crippen LogP contribution in [0.4, 0.5) is 10.7 Å². The average Bonchev–Trinajstić information content (AvgIpc) is 3.17. The Kier molecular flexibility index (Phi) is 8.61. The third-order valence-electron chi connectivity index (χ3n) is 4.91. The molecule has 0 bridgehead atoms. The number of benzene rings is 2. The second-order valence-corrected chi connectivity index (χ2v) is 8.87. The summed E-state index contributed by atoms with van der Waals surface area (Å²) in [6, 6.07) is 9.48. The smallest absolute Gasteiger partial charge is 0.341 e. The SMILES string of the molecule is CCOC(=O)c1c(NC(=O)c2ccc(OC)c(OC)c2)sc(C(=O)Nc2cccc(Cl)c2Cl)c1C. The molecule has 0 aliphatic rings. The van der Waals surface area contributed by atoms with Crippen LogP contribution in [-0.2, 0) is 4.74 Å². The molecule has 0 radical (unpaired) electrons. The summed E-state index contributed by atoms with van der Waals surface area (Å²) in [7, 11) is 2.94. The minimum atomic E-state index is -0.663. The maximum Gasteiger partial charge on any atom is 0.341 e. The second-order valence-electron chi connectivity index (χ2n) is 7.06. The average molecular weight is 537 g/mol. The molecule has 8 nitrogen and oxygen atoms in total. The van der Waals surface area contributed by atoms with Gasteiger partial charge in [0.15, 0.2) is 11.5 Å². The van der Waals surface area contributed by atoms with Crippen LogP contribution in [-0.4, -0.2) is 38.6 Å². The van der Waals surface area contributed by atoms with E-state index in [1.807, 2.05) is 0 Å². The predicted molar refractivity (Wildman–Crippen MR) is 137 cm³/mol. The van der Waals surface area contributed by atoms with Crippen molar-refractivity contribution in [2.75, 3.05) is 31.5 Å². The molecule has 0 aliphatic carbocycles. The first kappa shape index (κ1) is 26.3. The zero-order chi connectivity index (χ0) is 25.7. The van der Waals surface area contributed by atoms with Crippen LogP contribution in [0.3, 0.4) is 0 Å². The monoisotopic (exact) mass is 536 g/mol. The number of halogens is 2. The first-order valence-electron chi connectivity index (χ1n) is 10.3. The second kappa shape index (κ2) is 11.4. The minimum Gasteiger partial charge on any atom is -0.493 e. The molecule has 0 unspecified atom stereocenters. The van der Waals surface area contributed by atoms with Gasteiger partial charge in [-0.15, -0.1) is 11.3 Å². The van der Waals surface area contributed by atoms with Crippen LogP contribution in [0.5, 0.6) is 11.5 Å². The van der Waals surface area contributed by atoms with Gasteiger partial charge in [0.25, 0.3) is 11.8 Å². The van der Waals surface area contributed by atoms with Gasteiger partial charge in [-0.25, -0.2) is 4.79 Å². The molecule has 3 rings (SSSR count). The Labute approximate surface area is 216 Å². The number of hydrogen-bond acceptors (Lipinski definition) is 7. The highest BCUT2D eigenvalue weighted by atomic mass is 35.5. The largest absolute Gasteiger partial charge is 0.493 e. The molecule has 2 amide bonds. The number of methoxy groups -OCH3 is 2. The third-order valence-corrected chi connectivity index (χ3v) is 6.93. The molecular weight excluding hydrogens is 515 g/mol. The number of carbonyl (C=O) groups excluding carboxylic acids is 3. The minimum absolute atomic E-state index is 0.0908. The summed E-state index contributed by atoms with van der Waals surface area (Å²) < 4.78 is 15.6. The summed E-state index contributed by atoms with van der Waals surface area (Å²) in [5.41, 5.74) is 1.02. The molecular formula is C24H22Cl2N2O6S. The van der Waals surface area contributed by atoms with Gasteiger partial charge in [0.2, 0.25) is 0 Å². The molecule has 3 aromatic rings. The maximum absolute atomic E-state index is 13.1. The molecule has 0 saturated heterocycles. The number of nitrogens with one attached hydrogen (secondary N) is 2. The molecule has 0 saturated carbocycles. The first-order valence-corrected chi connectivity index (χ1v) is 11.9. The molecule has 184 valence electrons. The standard InChI is InChI=1S/C24H22Cl2N2O6S/c1-5-34-24(31)18-12(2)20(22(30)27-15-8-6-7-14(25)19(15)26)35-23(18)28-21(29)13-9-10-16(32-3)17(11-13)33-4/h6-11H,5H2,1-4H3,(H,27,30)(H,28,29). The predicted octanol–water partition coefficient (Wildman–Crippen LogP) is 6.06. The van der Waals surface area contributed by atoms with E-state index in [1.165, 1.54) is 20.3 Å². The Balaban J connectivity index is 1.97. The Morgan fingerprint density at radius 3 is 2.34 bits per heavy atom. The number of hydrogen-bond donors (Lipinski definition) is 2. The molecule has 0 atom stereocenters. The Morgan fingerprint density at radius 1 is 0.971 bits per heavy atom. The van der Waals surface area contributed by atoms with Crippen LogP contribution in [0.15, 0.2) is 36.4 Å². The number of amides is 2. The van der Waals surface area contributed by atoms with Crippen molar-refractivity contribution in [2.45, 2.75) is 13.8 Å². The fraction of sp³-hybridized carbons (Fsp3) is 0.208. The van der Waals surface area contributed by atoms with Crippen molar-refractivity contribution in [2.24, 2.45) is 0 Å². The summed E-state index contributed by atoms with van der Waals surface area (Å²) >= 11 is 13.2. The number of esters is 1. The van der Waals surface area contributed by atoms with Gasteiger partial charge >= 0.3 is 5.97 Å². The van der Waals surface area contributed by atoms with E-state index < -0.39 is 17.8 Å². The van der Waals surface area contributed by atoms with Crippen LogP contribution in [0.1, 0.15) is 42.9 Å². The quantitative estimate of drug-likeness (QED) is 0.339. The number of thiophene rings is 1. The molecule has 1 heterocycles. The van der Waals surface area contributed by atoms with E-state index in [0.29, 0.717) is 22.7 Å². The molecule has 2 N–H and O–H groups in total. The highest BCUT2D eigenvalue weighted by molar-refractivity contribution is 7.19. The molecule has 35 heavy (non-hydrogen) atoms. The fourth-order valence-corrected chi connectivity index (χ4v) is 4.63. The number of ether oxygens (including phenoxy) is 3. The number of rotatable bonds is 8. The van der Waals surface area contributed by atoms with Crippen molar-refractivity contribution in [3.05, 3.63) is 68.0 Å². The van der Waals surface area contributed by atoms with Crippen LogP contribution in [0, 0.1) is 6.92 Å². The van der Waals surface area contributed by atoms with Crippen molar-refractivity contribution in [1.82, 2.24) is 0 Å². The number of carbonyl (C=O) groups is 3. The summed E-state index contributed by atoms with van der Waals surface area (Å²) in [5.74, 6) is -0.867. The third kappa shape index (κ3) is 5.70. The van der Waals surface area contributed by atoms with Crippen LogP contribution >= 0.6 is 34.5 Å². The highest BCUT2D eigenvalue weighted by Gasteiger charge is 2.27. The fourth-order valence-electron chi connectivity index (χ4n) is 3.20. The lowest BCUT2D eigenvalue weighted by Crippen LogP contribution is -2.15. The van der Waals surface area contributed by atoms with Crippen molar-refractivity contribution >= 4 is 63.0 Å². The Morgan fingerprint density at radius 2 is 1.69 bits per heavy atom. The highest BCUT2D eigenvalue weighted by Crippen LogP contribution is 2.36. The zero-order valence-electron chi connectivity index (χ0n) is 19.3. The zero-order valence-corrected chi connectivity index (χ0v) is 21.6. The van der Waals surface area contributed by atoms with Gasteiger partial charge in [0, 0.05) is 5.56 Å². The van der Waals surface area contributed by atoms with E-state index in [0.717, 1.165) is 11.3 Å². The van der Waals surface area contributed by atoms with Crippen molar-refractivity contribution in [3.63, 3.8) is 0 Å². The Bertz CT molecular complexity index is 1290. The topological polar surface area (TPSA) is 103 Å². The molecule has 11 heteroatoms. The summed E-state index contributed by atoms with van der Waals surface area (Å²) in [4.78, 5) is 39.0. The lowest BCUT2D eigenvalue weighted by atomic mass is 10.1. The van der Waals surface area contributed by atoms with E-state index >= 15 is 0 Å². The van der Waals surface area contributed by atoms with Gasteiger partial charge in [0.1, 0.15) is 5.00 Å². The molecule has 0 spiro atoms. The molecule has 2 aromatic carbocycles. The first-order chi connectivity index (χ1) is 16.7. The maximum atomic E-state index is 13.1. The van der Waals surface area contributed by atoms with Crippen molar-refractivity contribution < 1.29 is 28.6 Å². The van der Waals surface area contributed by atoms with Gasteiger partial charge in [-0.3, -0.25) is 9.59 Å². The lowest BCUT2D eigenvalue weighted by Gasteiger charge is -2.10. The van der Waals surface area contributed by atoms with Crippen molar-refractivity contribution in [3.8, 4) is 11.5 Å². The number of anilines is 2. The summed E-state index contributed by atoms with van der Waals surface area (Å²) in [6.07, 6.45) is 0. The molecule has 1 aromatic heterocycles. The molecule has 0 aliphatic heterocycles. The van der Waals surface area contributed by atoms with E-state index in [9.17, 15) is 14.4 Å². The summed E-state index contributed by atoms with van der Waals surface area (Å²) in [6.45, 7) is 3.39. The van der Waals surface area contributed by atoms with Gasteiger partial charge < -0.3 is 24.8 Å².